The van der Waals surface area contributed by atoms with Gasteiger partial charge < -0.3 is 15.4 Å². The quantitative estimate of drug-likeness (QED) is 0.587. The molecule has 0 spiro atoms. The van der Waals surface area contributed by atoms with Crippen LogP contribution in [0.25, 0.3) is 0 Å². The molecule has 3 rings (SSSR count). The van der Waals surface area contributed by atoms with Crippen molar-refractivity contribution >= 4 is 23.6 Å². The predicted molar refractivity (Wildman–Crippen MR) is 137 cm³/mol. The molecule has 0 aliphatic carbocycles. The summed E-state index contributed by atoms with van der Waals surface area (Å²) in [5.41, 5.74) is 2.89. The van der Waals surface area contributed by atoms with Crippen LogP contribution in [0.2, 0.25) is 0 Å². The van der Waals surface area contributed by atoms with Crippen molar-refractivity contribution in [3.05, 3.63) is 65.2 Å². The molecular formula is C28H37N3O4. The molecule has 0 radical (unpaired) electrons. The maximum atomic E-state index is 13.3. The zero-order valence-corrected chi connectivity index (χ0v) is 21.6. The van der Waals surface area contributed by atoms with Gasteiger partial charge in [-0.25, -0.2) is 4.79 Å². The Morgan fingerprint density at radius 3 is 2.14 bits per heavy atom. The maximum absolute atomic E-state index is 13.3. The van der Waals surface area contributed by atoms with Crippen molar-refractivity contribution in [2.45, 2.75) is 78.0 Å². The first-order valence-electron chi connectivity index (χ1n) is 12.2. The van der Waals surface area contributed by atoms with Crippen LogP contribution in [0.3, 0.4) is 0 Å². The number of rotatable bonds is 6. The highest BCUT2D eigenvalue weighted by Crippen LogP contribution is 2.24. The lowest BCUT2D eigenvalue weighted by Gasteiger charge is -2.29. The van der Waals surface area contributed by atoms with Crippen molar-refractivity contribution in [2.75, 3.05) is 11.9 Å². The average molecular weight is 480 g/mol. The minimum absolute atomic E-state index is 0.346. The van der Waals surface area contributed by atoms with Crippen LogP contribution in [-0.4, -0.2) is 41.0 Å². The molecule has 188 valence electrons. The van der Waals surface area contributed by atoms with E-state index < -0.39 is 23.8 Å². The van der Waals surface area contributed by atoms with Gasteiger partial charge >= 0.3 is 6.09 Å². The molecule has 0 unspecified atom stereocenters. The van der Waals surface area contributed by atoms with Crippen molar-refractivity contribution < 1.29 is 19.1 Å². The van der Waals surface area contributed by atoms with Gasteiger partial charge in [-0.05, 0) is 69.7 Å². The first kappa shape index (κ1) is 26.3. The van der Waals surface area contributed by atoms with Crippen molar-refractivity contribution in [1.82, 2.24) is 10.2 Å². The van der Waals surface area contributed by atoms with Gasteiger partial charge in [-0.3, -0.25) is 14.5 Å². The van der Waals surface area contributed by atoms with Gasteiger partial charge in [0.2, 0.25) is 5.91 Å². The van der Waals surface area contributed by atoms with E-state index in [1.165, 1.54) is 10.5 Å². The highest BCUT2D eigenvalue weighted by molar-refractivity contribution is 5.99. The van der Waals surface area contributed by atoms with Crippen LogP contribution in [0.15, 0.2) is 48.5 Å². The molecule has 1 aliphatic heterocycles. The van der Waals surface area contributed by atoms with Crippen LogP contribution >= 0.6 is 0 Å². The zero-order chi connectivity index (χ0) is 25.8. The summed E-state index contributed by atoms with van der Waals surface area (Å²) in [4.78, 5) is 40.8. The molecule has 1 fully saturated rings. The van der Waals surface area contributed by atoms with E-state index in [0.717, 1.165) is 5.56 Å². The number of hydrogen-bond donors (Lipinski definition) is 2. The molecule has 3 amide bonds. The predicted octanol–water partition coefficient (Wildman–Crippen LogP) is 5.31. The number of carbonyl (C=O) groups excluding carboxylic acids is 3. The summed E-state index contributed by atoms with van der Waals surface area (Å²) in [5, 5.41) is 5.81. The van der Waals surface area contributed by atoms with E-state index in [2.05, 4.69) is 24.5 Å². The Balaban J connectivity index is 1.79. The first-order valence-corrected chi connectivity index (χ1v) is 12.2. The third-order valence-electron chi connectivity index (χ3n) is 5.99. The molecule has 7 nitrogen and oxygen atoms in total. The van der Waals surface area contributed by atoms with Crippen LogP contribution in [0.1, 0.15) is 76.1 Å². The Hall–Kier alpha value is -3.35. The molecule has 1 saturated heterocycles. The monoisotopic (exact) mass is 479 g/mol. The lowest BCUT2D eigenvalue weighted by Crippen LogP contribution is -2.49. The molecule has 2 aromatic rings. The second-order valence-corrected chi connectivity index (χ2v) is 10.5. The fourth-order valence-electron chi connectivity index (χ4n) is 4.04. The van der Waals surface area contributed by atoms with Crippen molar-refractivity contribution in [3.8, 4) is 0 Å². The van der Waals surface area contributed by atoms with Crippen LogP contribution in [0, 0.1) is 6.92 Å². The summed E-state index contributed by atoms with van der Waals surface area (Å²) in [6, 6.07) is 13.6. The van der Waals surface area contributed by atoms with Crippen LogP contribution < -0.4 is 10.6 Å². The molecular weight excluding hydrogens is 442 g/mol. The third-order valence-corrected chi connectivity index (χ3v) is 5.99. The molecule has 2 atom stereocenters. The van der Waals surface area contributed by atoms with E-state index >= 15 is 0 Å². The highest BCUT2D eigenvalue weighted by Gasteiger charge is 2.38. The third kappa shape index (κ3) is 7.07. The highest BCUT2D eigenvalue weighted by atomic mass is 16.6. The molecule has 1 heterocycles. The van der Waals surface area contributed by atoms with Crippen molar-refractivity contribution in [1.29, 1.82) is 0 Å². The van der Waals surface area contributed by atoms with E-state index in [0.29, 0.717) is 36.6 Å². The Bertz CT molecular complexity index is 1040. The van der Waals surface area contributed by atoms with Crippen LogP contribution in [0.5, 0.6) is 0 Å². The number of anilines is 1. The normalized spacial score (nSPS) is 16.7. The molecule has 0 aromatic heterocycles. The number of carbonyl (C=O) groups is 3. The minimum Gasteiger partial charge on any atom is -0.444 e. The van der Waals surface area contributed by atoms with Crippen LogP contribution in [0.4, 0.5) is 10.5 Å². The fraction of sp³-hybridized carbons (Fsp3) is 0.464. The van der Waals surface area contributed by atoms with Gasteiger partial charge in [-0.1, -0.05) is 55.8 Å². The van der Waals surface area contributed by atoms with Crippen molar-refractivity contribution in [2.24, 2.45) is 0 Å². The Labute approximate surface area is 208 Å². The van der Waals surface area contributed by atoms with E-state index in [9.17, 15) is 14.4 Å². The lowest BCUT2D eigenvalue weighted by molar-refractivity contribution is -0.129. The Kier molecular flexibility index (Phi) is 8.20. The molecule has 7 heteroatoms. The first-order chi connectivity index (χ1) is 16.4. The summed E-state index contributed by atoms with van der Waals surface area (Å²) in [6.07, 6.45) is 0.696. The molecule has 35 heavy (non-hydrogen) atoms. The number of ether oxygens (including phenoxy) is 1. The topological polar surface area (TPSA) is 87.7 Å². The summed E-state index contributed by atoms with van der Waals surface area (Å²) in [5.74, 6) is -0.329. The van der Waals surface area contributed by atoms with E-state index in [1.54, 1.807) is 20.8 Å². The summed E-state index contributed by atoms with van der Waals surface area (Å²) in [6.45, 7) is 12.0. The molecule has 0 bridgehead atoms. The zero-order valence-electron chi connectivity index (χ0n) is 21.6. The number of amides is 3. The fourth-order valence-corrected chi connectivity index (χ4v) is 4.04. The average Bonchev–Trinajstić information content (AvgIpc) is 3.28. The van der Waals surface area contributed by atoms with Gasteiger partial charge in [0.1, 0.15) is 17.7 Å². The van der Waals surface area contributed by atoms with Crippen LogP contribution in [-0.2, 0) is 14.3 Å². The largest absolute Gasteiger partial charge is 0.444 e. The maximum Gasteiger partial charge on any atom is 0.410 e. The van der Waals surface area contributed by atoms with Gasteiger partial charge in [-0.15, -0.1) is 0 Å². The van der Waals surface area contributed by atoms with Crippen molar-refractivity contribution in [3.63, 3.8) is 0 Å². The van der Waals surface area contributed by atoms with E-state index in [-0.39, 0.29) is 11.8 Å². The number of nitrogens with zero attached hydrogens (tertiary/aromatic N) is 1. The molecule has 1 aliphatic rings. The number of nitrogens with one attached hydrogen (secondary N) is 2. The Morgan fingerprint density at radius 2 is 1.57 bits per heavy atom. The summed E-state index contributed by atoms with van der Waals surface area (Å²) < 4.78 is 5.49. The second kappa shape index (κ2) is 10.9. The van der Waals surface area contributed by atoms with Gasteiger partial charge in [0, 0.05) is 12.2 Å². The molecule has 0 saturated carbocycles. The molecule has 2 aromatic carbocycles. The van der Waals surface area contributed by atoms with E-state index in [1.807, 2.05) is 55.5 Å². The molecule has 2 N–H and O–H groups in total. The lowest BCUT2D eigenvalue weighted by atomic mass is 10.0. The standard InChI is InChI=1S/C28H37N3O4/c1-18(2)20-13-15-22(16-14-20)29-26(33)24(21-11-9-19(3)10-12-21)30-25(32)23-8-7-17-31(23)27(34)35-28(4,5)6/h9-16,18,23-24H,7-8,17H2,1-6H3,(H,29,33)(H,30,32)/t23-,24-/m0/s1. The summed E-state index contributed by atoms with van der Waals surface area (Å²) in [7, 11) is 0. The number of likely N-dealkylation sites (tertiary alicyclic amines) is 1. The van der Waals surface area contributed by atoms with E-state index in [4.69, 9.17) is 4.74 Å². The van der Waals surface area contributed by atoms with Gasteiger partial charge in [0.25, 0.3) is 5.91 Å². The van der Waals surface area contributed by atoms with Gasteiger partial charge in [0.15, 0.2) is 0 Å². The van der Waals surface area contributed by atoms with Gasteiger partial charge in [-0.2, -0.15) is 0 Å². The number of benzene rings is 2. The Morgan fingerprint density at radius 1 is 0.971 bits per heavy atom. The second-order valence-electron chi connectivity index (χ2n) is 10.5. The summed E-state index contributed by atoms with van der Waals surface area (Å²) >= 11 is 0. The minimum atomic E-state index is -0.908. The number of hydrogen-bond acceptors (Lipinski definition) is 4. The number of aryl methyl sites for hydroxylation is 1. The smallest absolute Gasteiger partial charge is 0.410 e. The van der Waals surface area contributed by atoms with Gasteiger partial charge in [0.05, 0.1) is 0 Å². The SMILES string of the molecule is Cc1ccc([C@H](NC(=O)[C@@H]2CCCN2C(=O)OC(C)(C)C)C(=O)Nc2ccc(C(C)C)cc2)cc1.